The molecule has 56 heavy (non-hydrogen) atoms. The first kappa shape index (κ1) is 38.1. The third-order valence-electron chi connectivity index (χ3n) is 9.58. The van der Waals surface area contributed by atoms with Crippen molar-refractivity contribution in [3.8, 4) is 11.1 Å². The van der Waals surface area contributed by atoms with Crippen molar-refractivity contribution in [3.63, 3.8) is 0 Å². The van der Waals surface area contributed by atoms with Gasteiger partial charge in [-0.2, -0.15) is 0 Å². The summed E-state index contributed by atoms with van der Waals surface area (Å²) in [6, 6.07) is 59.0. The number of para-hydroxylation sites is 1. The van der Waals surface area contributed by atoms with Crippen molar-refractivity contribution >= 4 is 91.5 Å². The predicted molar refractivity (Wildman–Crippen MR) is 252 cm³/mol. The molecule has 0 N–H and O–H groups in total. The largest absolute Gasteiger partial charge is 0.310 e. The van der Waals surface area contributed by atoms with Gasteiger partial charge in [0, 0.05) is 58.4 Å². The average molecular weight is 763 g/mol. The minimum absolute atomic E-state index is 0.959. The molecule has 0 spiro atoms. The Balaban J connectivity index is 0.00000117. The van der Waals surface area contributed by atoms with Gasteiger partial charge in [0.05, 0.1) is 16.1 Å². The van der Waals surface area contributed by atoms with E-state index in [2.05, 4.69) is 187 Å². The molecule has 0 fully saturated rings. The monoisotopic (exact) mass is 762 g/mol. The number of fused-ring (bicyclic) bond motifs is 6. The van der Waals surface area contributed by atoms with Gasteiger partial charge in [-0.25, -0.2) is 0 Å². The fourth-order valence-corrected chi connectivity index (χ4v) is 9.56. The Bertz CT molecular complexity index is 2770. The molecule has 7 aromatic carbocycles. The summed E-state index contributed by atoms with van der Waals surface area (Å²) in [6.07, 6.45) is 5.74. The van der Waals surface area contributed by atoms with Crippen LogP contribution in [0.1, 0.15) is 27.7 Å². The van der Waals surface area contributed by atoms with Crippen LogP contribution in [0.3, 0.4) is 0 Å². The Labute approximate surface area is 339 Å². The van der Waals surface area contributed by atoms with E-state index in [4.69, 9.17) is 0 Å². The smallest absolute Gasteiger partial charge is 0.0640 e. The fraction of sp³-hybridized carbons (Fsp3) is 0.0769. The molecule has 2 nitrogen and oxygen atoms in total. The van der Waals surface area contributed by atoms with E-state index in [1.165, 1.54) is 51.5 Å². The van der Waals surface area contributed by atoms with Crippen LogP contribution < -0.4 is 9.80 Å². The summed E-state index contributed by atoms with van der Waals surface area (Å²) in [6.45, 7) is 16.2. The molecule has 0 radical (unpaired) electrons. The fourth-order valence-electron chi connectivity index (χ4n) is 7.25. The van der Waals surface area contributed by atoms with E-state index in [-0.39, 0.29) is 0 Å². The van der Waals surface area contributed by atoms with Gasteiger partial charge in [-0.15, -0.1) is 22.7 Å². The Morgan fingerprint density at radius 3 is 1.80 bits per heavy atom. The van der Waals surface area contributed by atoms with Crippen LogP contribution in [0.5, 0.6) is 0 Å². The van der Waals surface area contributed by atoms with Gasteiger partial charge in [-0.3, -0.25) is 0 Å². The highest BCUT2D eigenvalue weighted by molar-refractivity contribution is 7.26. The second kappa shape index (κ2) is 17.5. The first-order valence-corrected chi connectivity index (χ1v) is 21.0. The molecule has 0 atom stereocenters. The molecule has 0 amide bonds. The number of anilines is 5. The van der Waals surface area contributed by atoms with Crippen molar-refractivity contribution in [1.29, 1.82) is 0 Å². The third kappa shape index (κ3) is 7.17. The van der Waals surface area contributed by atoms with Crippen molar-refractivity contribution in [1.82, 2.24) is 0 Å². The van der Waals surface area contributed by atoms with E-state index in [1.54, 1.807) is 0 Å². The Morgan fingerprint density at radius 2 is 1.07 bits per heavy atom. The maximum atomic E-state index is 4.19. The molecule has 2 aromatic heterocycles. The average Bonchev–Trinajstić information content (AvgIpc) is 3.85. The van der Waals surface area contributed by atoms with E-state index in [9.17, 15) is 0 Å². The van der Waals surface area contributed by atoms with Gasteiger partial charge in [-0.05, 0) is 90.0 Å². The highest BCUT2D eigenvalue weighted by Gasteiger charge is 2.23. The van der Waals surface area contributed by atoms with E-state index in [0.717, 1.165) is 34.1 Å². The summed E-state index contributed by atoms with van der Waals surface area (Å²) in [5, 5.41) is 4.99. The maximum absolute atomic E-state index is 4.19. The molecule has 0 aliphatic rings. The number of hydrogen-bond acceptors (Lipinski definition) is 4. The van der Waals surface area contributed by atoms with Crippen LogP contribution in [0.2, 0.25) is 0 Å². The summed E-state index contributed by atoms with van der Waals surface area (Å²) in [5.74, 6) is 0. The summed E-state index contributed by atoms with van der Waals surface area (Å²) in [4.78, 5) is 4.71. The van der Waals surface area contributed by atoms with Crippen molar-refractivity contribution < 1.29 is 0 Å². The molecule has 0 aliphatic heterocycles. The Morgan fingerprint density at radius 1 is 0.482 bits per heavy atom. The van der Waals surface area contributed by atoms with Crippen molar-refractivity contribution in [2.75, 3.05) is 9.80 Å². The molecule has 9 aromatic rings. The molecule has 0 unspecified atom stereocenters. The number of rotatable bonds is 9. The molecule has 0 saturated carbocycles. The molecule has 2 heterocycles. The summed E-state index contributed by atoms with van der Waals surface area (Å²) in [7, 11) is 0. The van der Waals surface area contributed by atoms with E-state index in [1.807, 2.05) is 68.6 Å². The highest BCUT2D eigenvalue weighted by Crippen LogP contribution is 2.49. The lowest BCUT2D eigenvalue weighted by Crippen LogP contribution is -2.15. The zero-order chi connectivity index (χ0) is 39.0. The van der Waals surface area contributed by atoms with Gasteiger partial charge >= 0.3 is 0 Å². The minimum atomic E-state index is 0.959. The second-order valence-electron chi connectivity index (χ2n) is 12.6. The minimum Gasteiger partial charge on any atom is -0.310 e. The van der Waals surface area contributed by atoms with Crippen molar-refractivity contribution in [2.45, 2.75) is 27.7 Å². The summed E-state index contributed by atoms with van der Waals surface area (Å²) in [5.41, 5.74) is 8.91. The molecule has 0 bridgehead atoms. The Kier molecular flexibility index (Phi) is 11.9. The maximum Gasteiger partial charge on any atom is 0.0640 e. The Hall–Kier alpha value is -6.20. The van der Waals surface area contributed by atoms with E-state index >= 15 is 0 Å². The molecular weight excluding hydrogens is 717 g/mol. The van der Waals surface area contributed by atoms with Crippen molar-refractivity contribution in [3.05, 3.63) is 201 Å². The molecule has 0 aliphatic carbocycles. The summed E-state index contributed by atoms with van der Waals surface area (Å²) >= 11 is 3.69. The van der Waals surface area contributed by atoms with Crippen LogP contribution in [-0.2, 0) is 0 Å². The lowest BCUT2D eigenvalue weighted by molar-refractivity contribution is 1.22. The number of allylic oxidation sites excluding steroid dienone is 3. The molecule has 0 saturated heterocycles. The zero-order valence-corrected chi connectivity index (χ0v) is 34.1. The number of thiophene rings is 2. The summed E-state index contributed by atoms with van der Waals surface area (Å²) < 4.78 is 5.05. The van der Waals surface area contributed by atoms with Crippen molar-refractivity contribution in [2.24, 2.45) is 0 Å². The lowest BCUT2D eigenvalue weighted by atomic mass is 10.0. The highest BCUT2D eigenvalue weighted by atomic mass is 32.1. The second-order valence-corrected chi connectivity index (χ2v) is 14.8. The quantitative estimate of drug-likeness (QED) is 0.135. The molecule has 4 heteroatoms. The number of nitrogens with zero attached hydrogens (tertiary/aromatic N) is 2. The number of hydrogen-bond donors (Lipinski definition) is 0. The zero-order valence-electron chi connectivity index (χ0n) is 32.4. The third-order valence-corrected chi connectivity index (χ3v) is 11.9. The van der Waals surface area contributed by atoms with E-state index in [0.29, 0.717) is 0 Å². The lowest BCUT2D eigenvalue weighted by Gasteiger charge is -2.27. The van der Waals surface area contributed by atoms with Gasteiger partial charge in [-0.1, -0.05) is 144 Å². The first-order valence-electron chi connectivity index (χ1n) is 19.3. The van der Waals surface area contributed by atoms with Crippen LogP contribution in [-0.4, -0.2) is 0 Å². The molecule has 276 valence electrons. The van der Waals surface area contributed by atoms with Crippen LogP contribution >= 0.6 is 22.7 Å². The molecule has 9 rings (SSSR count). The van der Waals surface area contributed by atoms with Gasteiger partial charge < -0.3 is 9.80 Å². The van der Waals surface area contributed by atoms with Crippen LogP contribution in [0.25, 0.3) is 51.5 Å². The van der Waals surface area contributed by atoms with Crippen LogP contribution in [0.4, 0.5) is 28.4 Å². The topological polar surface area (TPSA) is 6.48 Å². The standard InChI is InChI=1S/C48H34N2S2.2C2H6/c1-3-15-35(4-2)49(36-18-9-6-10-19-36)42-22-14-25-46-47(42)40-21-13-23-43(48(40)52-46)50(37-28-26-34(27-29-37)33-16-7-5-8-17-33)38-30-31-45-41(32-38)39-20-11-12-24-44(39)51-45;2*1-2/h3-32H,1-2H2;2*1-2H3/b35-15+;;. The van der Waals surface area contributed by atoms with Crippen LogP contribution in [0.15, 0.2) is 201 Å². The van der Waals surface area contributed by atoms with E-state index < -0.39 is 0 Å². The number of benzene rings is 7. The molecular formula is C52H46N2S2. The van der Waals surface area contributed by atoms with Gasteiger partial charge in [0.2, 0.25) is 0 Å². The first-order chi connectivity index (χ1) is 27.7. The SMILES string of the molecule is C=C/C=C(\C=C)N(c1ccccc1)c1cccc2sc3c(N(c4ccc(-c5ccccc5)cc4)c4ccc5sc6ccccc6c5c4)cccc3c12.CC.CC. The van der Waals surface area contributed by atoms with Gasteiger partial charge in [0.25, 0.3) is 0 Å². The van der Waals surface area contributed by atoms with Crippen LogP contribution in [0, 0.1) is 0 Å². The van der Waals surface area contributed by atoms with Gasteiger partial charge in [0.1, 0.15) is 0 Å². The van der Waals surface area contributed by atoms with Gasteiger partial charge in [0.15, 0.2) is 0 Å². The normalized spacial score (nSPS) is 11.1. The predicted octanol–water partition coefficient (Wildman–Crippen LogP) is 17.0.